The normalized spacial score (nSPS) is 27.3. The Morgan fingerprint density at radius 1 is 1.03 bits per heavy atom. The third-order valence-corrected chi connectivity index (χ3v) is 6.96. The number of carbonyl (C=O) groups excluding carboxylic acids is 2. The second kappa shape index (κ2) is 11.1. The number of rotatable bonds is 3. The molecule has 8 nitrogen and oxygen atoms in total. The molecular formula is C23H23F7N4O4. The lowest BCUT2D eigenvalue weighted by atomic mass is 9.84. The van der Waals surface area contributed by atoms with Gasteiger partial charge in [-0.3, -0.25) is 9.59 Å². The SMILES string of the molecule is N#C[C@@H]1C[C@H](F)CN1C(=O)[C@@H](N)C1CC2CCC(C1)N2C(=O)c1cc(F)c(F)cc1F.O=C(O)C(F)(F)F. The van der Waals surface area contributed by atoms with E-state index in [-0.39, 0.29) is 31.0 Å². The lowest BCUT2D eigenvalue weighted by Gasteiger charge is -2.41. The molecule has 0 aromatic heterocycles. The molecule has 2 bridgehead atoms. The summed E-state index contributed by atoms with van der Waals surface area (Å²) in [5.74, 6) is -8.05. The highest BCUT2D eigenvalue weighted by Crippen LogP contribution is 2.41. The van der Waals surface area contributed by atoms with Crippen molar-refractivity contribution in [1.29, 1.82) is 5.26 Å². The topological polar surface area (TPSA) is 128 Å². The number of carbonyl (C=O) groups is 3. The Hall–Kier alpha value is -3.41. The van der Waals surface area contributed by atoms with Crippen molar-refractivity contribution in [1.82, 2.24) is 9.80 Å². The fraction of sp³-hybridized carbons (Fsp3) is 0.565. The van der Waals surface area contributed by atoms with E-state index in [1.807, 2.05) is 6.07 Å². The number of carboxylic acids is 1. The zero-order valence-electron chi connectivity index (χ0n) is 19.6. The minimum absolute atomic E-state index is 0.0348. The lowest BCUT2D eigenvalue weighted by Crippen LogP contribution is -2.55. The van der Waals surface area contributed by atoms with Gasteiger partial charge < -0.3 is 20.6 Å². The Bertz CT molecular complexity index is 1130. The molecule has 208 valence electrons. The van der Waals surface area contributed by atoms with Crippen molar-refractivity contribution in [3.05, 3.63) is 35.1 Å². The summed E-state index contributed by atoms with van der Waals surface area (Å²) in [5, 5.41) is 16.3. The highest BCUT2D eigenvalue weighted by atomic mass is 19.4. The number of hydrogen-bond acceptors (Lipinski definition) is 5. The summed E-state index contributed by atoms with van der Waals surface area (Å²) in [6.45, 7) is -0.162. The molecule has 0 spiro atoms. The maximum absolute atomic E-state index is 14.1. The Kier molecular flexibility index (Phi) is 8.55. The standard InChI is InChI=1S/C21H22F4N4O2.C2HF3O2/c22-11-5-14(8-26)28(9-11)21(31)19(27)10-3-12-1-2-13(4-10)29(12)20(30)15-6-17(24)18(25)7-16(15)23;3-2(4,5)1(6)7/h6-7,10-14,19H,1-5,9,27H2;(H,6,7)/t10?,11-,12?,13?,14-,19-;/m0./s1. The summed E-state index contributed by atoms with van der Waals surface area (Å²) < 4.78 is 86.3. The first-order valence-corrected chi connectivity index (χ1v) is 11.5. The van der Waals surface area contributed by atoms with Crippen LogP contribution in [0.1, 0.15) is 42.5 Å². The molecule has 3 aliphatic rings. The molecule has 0 saturated carbocycles. The van der Waals surface area contributed by atoms with Crippen molar-refractivity contribution in [3.63, 3.8) is 0 Å². The van der Waals surface area contributed by atoms with Crippen LogP contribution in [0.5, 0.6) is 0 Å². The van der Waals surface area contributed by atoms with Gasteiger partial charge in [0, 0.05) is 24.6 Å². The van der Waals surface area contributed by atoms with E-state index in [0.29, 0.717) is 37.8 Å². The summed E-state index contributed by atoms with van der Waals surface area (Å²) >= 11 is 0. The second-order valence-electron chi connectivity index (χ2n) is 9.37. The van der Waals surface area contributed by atoms with E-state index in [1.54, 1.807) is 0 Å². The zero-order valence-corrected chi connectivity index (χ0v) is 19.6. The van der Waals surface area contributed by atoms with Crippen molar-refractivity contribution in [3.8, 4) is 6.07 Å². The number of alkyl halides is 4. The number of carboxylic acid groups (broad SMARTS) is 1. The molecule has 5 atom stereocenters. The summed E-state index contributed by atoms with van der Waals surface area (Å²) in [4.78, 5) is 37.3. The Morgan fingerprint density at radius 3 is 2.05 bits per heavy atom. The summed E-state index contributed by atoms with van der Waals surface area (Å²) in [6.07, 6.45) is -4.38. The Labute approximate surface area is 211 Å². The number of fused-ring (bicyclic) bond motifs is 2. The molecule has 3 N–H and O–H groups in total. The van der Waals surface area contributed by atoms with Gasteiger partial charge in [-0.05, 0) is 37.7 Å². The molecular weight excluding hydrogens is 529 g/mol. The highest BCUT2D eigenvalue weighted by molar-refractivity contribution is 5.95. The highest BCUT2D eigenvalue weighted by Gasteiger charge is 2.48. The summed E-state index contributed by atoms with van der Waals surface area (Å²) in [7, 11) is 0. The molecule has 3 heterocycles. The number of likely N-dealkylation sites (tertiary alicyclic amines) is 1. The maximum Gasteiger partial charge on any atom is 0.490 e. The molecule has 38 heavy (non-hydrogen) atoms. The van der Waals surface area contributed by atoms with Crippen LogP contribution in [0, 0.1) is 34.7 Å². The van der Waals surface area contributed by atoms with Crippen molar-refractivity contribution in [2.45, 2.75) is 68.6 Å². The van der Waals surface area contributed by atoms with Crippen molar-refractivity contribution in [2.24, 2.45) is 11.7 Å². The van der Waals surface area contributed by atoms with Crippen molar-refractivity contribution in [2.75, 3.05) is 6.54 Å². The Morgan fingerprint density at radius 2 is 1.55 bits per heavy atom. The van der Waals surface area contributed by atoms with Crippen molar-refractivity contribution < 1.29 is 50.2 Å². The van der Waals surface area contributed by atoms with E-state index in [9.17, 15) is 45.6 Å². The van der Waals surface area contributed by atoms with Crippen LogP contribution in [-0.4, -0.2) is 75.8 Å². The monoisotopic (exact) mass is 552 g/mol. The number of benzene rings is 1. The predicted molar refractivity (Wildman–Crippen MR) is 114 cm³/mol. The molecule has 3 fully saturated rings. The third kappa shape index (κ3) is 6.01. The summed E-state index contributed by atoms with van der Waals surface area (Å²) in [5.41, 5.74) is 5.67. The number of nitriles is 1. The van der Waals surface area contributed by atoms with Crippen LogP contribution in [0.4, 0.5) is 30.7 Å². The van der Waals surface area contributed by atoms with Crippen molar-refractivity contribution >= 4 is 17.8 Å². The second-order valence-corrected chi connectivity index (χ2v) is 9.37. The average Bonchev–Trinajstić information content (AvgIpc) is 3.35. The minimum atomic E-state index is -5.08. The van der Waals surface area contributed by atoms with Gasteiger partial charge in [0.15, 0.2) is 11.6 Å². The largest absolute Gasteiger partial charge is 0.490 e. The van der Waals surface area contributed by atoms with E-state index in [0.717, 1.165) is 0 Å². The molecule has 3 aliphatic heterocycles. The number of nitrogens with two attached hydrogens (primary N) is 1. The van der Waals surface area contributed by atoms with Gasteiger partial charge in [0.2, 0.25) is 5.91 Å². The van der Waals surface area contributed by atoms with Gasteiger partial charge >= 0.3 is 12.1 Å². The number of halogens is 7. The molecule has 1 aromatic carbocycles. The van der Waals surface area contributed by atoms with Gasteiger partial charge in [0.05, 0.1) is 24.2 Å². The molecule has 3 saturated heterocycles. The first kappa shape index (κ1) is 29.2. The average molecular weight is 552 g/mol. The molecule has 4 rings (SSSR count). The Balaban J connectivity index is 0.000000505. The van der Waals surface area contributed by atoms with Crippen LogP contribution in [0.25, 0.3) is 0 Å². The van der Waals surface area contributed by atoms with Gasteiger partial charge in [-0.15, -0.1) is 0 Å². The van der Waals surface area contributed by atoms with E-state index < -0.39 is 65.2 Å². The molecule has 0 radical (unpaired) electrons. The fourth-order valence-electron chi connectivity index (χ4n) is 5.21. The fourth-order valence-corrected chi connectivity index (χ4v) is 5.21. The molecule has 1 aromatic rings. The van der Waals surface area contributed by atoms with Crippen LogP contribution < -0.4 is 5.73 Å². The van der Waals surface area contributed by atoms with E-state index in [2.05, 4.69) is 0 Å². The van der Waals surface area contributed by atoms with Gasteiger partial charge in [-0.2, -0.15) is 18.4 Å². The number of piperidine rings is 1. The number of nitrogens with zero attached hydrogens (tertiary/aromatic N) is 3. The van der Waals surface area contributed by atoms with Crippen LogP contribution in [0.15, 0.2) is 12.1 Å². The van der Waals surface area contributed by atoms with E-state index >= 15 is 0 Å². The van der Waals surface area contributed by atoms with Crippen LogP contribution in [-0.2, 0) is 9.59 Å². The van der Waals surface area contributed by atoms with Gasteiger partial charge in [-0.1, -0.05) is 0 Å². The third-order valence-electron chi connectivity index (χ3n) is 6.96. The van der Waals surface area contributed by atoms with Crippen LogP contribution >= 0.6 is 0 Å². The number of hydrogen-bond donors (Lipinski definition) is 2. The maximum atomic E-state index is 14.1. The minimum Gasteiger partial charge on any atom is -0.475 e. The first-order chi connectivity index (χ1) is 17.6. The lowest BCUT2D eigenvalue weighted by molar-refractivity contribution is -0.192. The van der Waals surface area contributed by atoms with Crippen LogP contribution in [0.3, 0.4) is 0 Å². The van der Waals surface area contributed by atoms with Crippen LogP contribution in [0.2, 0.25) is 0 Å². The molecule has 2 amide bonds. The van der Waals surface area contributed by atoms with E-state index in [1.165, 1.54) is 9.80 Å². The molecule has 0 aliphatic carbocycles. The summed E-state index contributed by atoms with van der Waals surface area (Å²) in [6, 6.07) is 0.427. The smallest absolute Gasteiger partial charge is 0.475 e. The van der Waals surface area contributed by atoms with Gasteiger partial charge in [-0.25, -0.2) is 22.4 Å². The molecule has 2 unspecified atom stereocenters. The quantitative estimate of drug-likeness (QED) is 0.439. The first-order valence-electron chi connectivity index (χ1n) is 11.5. The predicted octanol–water partition coefficient (Wildman–Crippen LogP) is 2.91. The number of amides is 2. The molecule has 15 heteroatoms. The van der Waals surface area contributed by atoms with E-state index in [4.69, 9.17) is 15.6 Å². The number of aliphatic carboxylic acids is 1. The van der Waals surface area contributed by atoms with Gasteiger partial charge in [0.1, 0.15) is 18.0 Å². The van der Waals surface area contributed by atoms with Gasteiger partial charge in [0.25, 0.3) is 5.91 Å². The zero-order chi connectivity index (χ0) is 28.5.